The van der Waals surface area contributed by atoms with Gasteiger partial charge in [-0.25, -0.2) is 16.8 Å². The first kappa shape index (κ1) is 23.3. The van der Waals surface area contributed by atoms with Gasteiger partial charge in [0, 0.05) is 13.1 Å². The first-order chi connectivity index (χ1) is 15.8. The molecule has 0 saturated heterocycles. The molecule has 1 aliphatic rings. The maximum Gasteiger partial charge on any atom is 0.186 e. The molecule has 0 spiro atoms. The molecular weight excluding hydrogens is 462 g/mol. The average Bonchev–Trinajstić information content (AvgIpc) is 3.12. The number of hydrogen-bond donors (Lipinski definition) is 1. The van der Waals surface area contributed by atoms with E-state index in [9.17, 15) is 16.8 Å². The average molecular weight is 488 g/mol. The lowest BCUT2D eigenvalue weighted by atomic mass is 10.0. The molecule has 7 nitrogen and oxygen atoms in total. The molecule has 33 heavy (non-hydrogen) atoms. The molecule has 1 aliphatic heterocycles. The van der Waals surface area contributed by atoms with Crippen molar-refractivity contribution < 1.29 is 26.3 Å². The zero-order chi connectivity index (χ0) is 23.6. The van der Waals surface area contributed by atoms with E-state index >= 15 is 0 Å². The summed E-state index contributed by atoms with van der Waals surface area (Å²) in [6.07, 6.45) is 0. The van der Waals surface area contributed by atoms with Crippen LogP contribution in [0.25, 0.3) is 0 Å². The summed E-state index contributed by atoms with van der Waals surface area (Å²) in [5.41, 5.74) is 1.96. The van der Waals surface area contributed by atoms with Gasteiger partial charge in [0.15, 0.2) is 31.2 Å². The molecule has 0 bridgehead atoms. The number of rotatable bonds is 8. The SMILES string of the molecule is COc1ccc(CNCc2cccc3c2C(S(=O)(=O)c2ccccc2)CS3(=O)=O)cc1OC. The van der Waals surface area contributed by atoms with Gasteiger partial charge < -0.3 is 14.8 Å². The van der Waals surface area contributed by atoms with Crippen LogP contribution in [0, 0.1) is 0 Å². The molecule has 0 aliphatic carbocycles. The summed E-state index contributed by atoms with van der Waals surface area (Å²) in [7, 11) is -4.44. The zero-order valence-corrected chi connectivity index (χ0v) is 19.9. The van der Waals surface area contributed by atoms with Crippen LogP contribution >= 0.6 is 0 Å². The van der Waals surface area contributed by atoms with Gasteiger partial charge in [-0.15, -0.1) is 0 Å². The van der Waals surface area contributed by atoms with Crippen molar-refractivity contribution in [3.05, 3.63) is 83.4 Å². The van der Waals surface area contributed by atoms with Crippen molar-refractivity contribution in [1.29, 1.82) is 0 Å². The molecule has 1 heterocycles. The molecule has 9 heteroatoms. The number of sulfone groups is 2. The fourth-order valence-electron chi connectivity index (χ4n) is 4.10. The number of benzene rings is 3. The first-order valence-corrected chi connectivity index (χ1v) is 13.5. The van der Waals surface area contributed by atoms with Crippen LogP contribution in [0.5, 0.6) is 11.5 Å². The van der Waals surface area contributed by atoms with Crippen molar-refractivity contribution in [2.24, 2.45) is 0 Å². The van der Waals surface area contributed by atoms with Crippen LogP contribution in [0.3, 0.4) is 0 Å². The van der Waals surface area contributed by atoms with Crippen molar-refractivity contribution in [3.63, 3.8) is 0 Å². The number of ether oxygens (including phenoxy) is 2. The fraction of sp³-hybridized carbons (Fsp3) is 0.250. The molecule has 0 amide bonds. The highest BCUT2D eigenvalue weighted by molar-refractivity contribution is 7.96. The molecule has 0 saturated carbocycles. The molecule has 0 fully saturated rings. The van der Waals surface area contributed by atoms with Crippen LogP contribution in [0.4, 0.5) is 0 Å². The summed E-state index contributed by atoms with van der Waals surface area (Å²) in [5.74, 6) is 0.783. The van der Waals surface area contributed by atoms with E-state index in [2.05, 4.69) is 5.32 Å². The Bertz CT molecular complexity index is 1370. The highest BCUT2D eigenvalue weighted by Gasteiger charge is 2.44. The smallest absolute Gasteiger partial charge is 0.186 e. The Morgan fingerprint density at radius 3 is 2.33 bits per heavy atom. The Morgan fingerprint density at radius 1 is 0.909 bits per heavy atom. The van der Waals surface area contributed by atoms with Gasteiger partial charge in [0.2, 0.25) is 0 Å². The Morgan fingerprint density at radius 2 is 1.64 bits per heavy atom. The second-order valence-corrected chi connectivity index (χ2v) is 11.9. The summed E-state index contributed by atoms with van der Waals surface area (Å²) in [5, 5.41) is 2.15. The van der Waals surface area contributed by atoms with Crippen LogP contribution in [-0.4, -0.2) is 36.8 Å². The van der Waals surface area contributed by atoms with E-state index in [1.807, 2.05) is 18.2 Å². The van der Waals surface area contributed by atoms with Crippen molar-refractivity contribution in [1.82, 2.24) is 5.32 Å². The topological polar surface area (TPSA) is 98.8 Å². The molecule has 3 aromatic rings. The van der Waals surface area contributed by atoms with Gasteiger partial charge in [-0.1, -0.05) is 36.4 Å². The Hall–Kier alpha value is -2.88. The summed E-state index contributed by atoms with van der Waals surface area (Å²) in [6.45, 7) is 0.792. The molecule has 0 radical (unpaired) electrons. The van der Waals surface area contributed by atoms with Gasteiger partial charge in [-0.3, -0.25) is 0 Å². The minimum absolute atomic E-state index is 0.0948. The fourth-order valence-corrected chi connectivity index (χ4v) is 8.53. The lowest BCUT2D eigenvalue weighted by Gasteiger charge is -2.16. The maximum absolute atomic E-state index is 13.4. The van der Waals surface area contributed by atoms with Crippen LogP contribution in [0.2, 0.25) is 0 Å². The quantitative estimate of drug-likeness (QED) is 0.521. The third kappa shape index (κ3) is 4.48. The van der Waals surface area contributed by atoms with Crippen molar-refractivity contribution in [3.8, 4) is 11.5 Å². The molecule has 4 rings (SSSR count). The van der Waals surface area contributed by atoms with Gasteiger partial charge in [0.25, 0.3) is 0 Å². The molecule has 1 unspecified atom stereocenters. The third-order valence-electron chi connectivity index (χ3n) is 5.72. The molecule has 1 N–H and O–H groups in total. The van der Waals surface area contributed by atoms with Gasteiger partial charge >= 0.3 is 0 Å². The van der Waals surface area contributed by atoms with E-state index < -0.39 is 30.7 Å². The van der Waals surface area contributed by atoms with E-state index in [4.69, 9.17) is 9.47 Å². The van der Waals surface area contributed by atoms with E-state index in [0.29, 0.717) is 35.7 Å². The lowest BCUT2D eigenvalue weighted by molar-refractivity contribution is 0.354. The zero-order valence-electron chi connectivity index (χ0n) is 18.3. The molecule has 3 aromatic carbocycles. The van der Waals surface area contributed by atoms with E-state index in [-0.39, 0.29) is 9.79 Å². The minimum Gasteiger partial charge on any atom is -0.493 e. The van der Waals surface area contributed by atoms with Crippen LogP contribution in [0.15, 0.2) is 76.5 Å². The van der Waals surface area contributed by atoms with E-state index in [1.165, 1.54) is 18.2 Å². The van der Waals surface area contributed by atoms with Gasteiger partial charge in [-0.2, -0.15) is 0 Å². The van der Waals surface area contributed by atoms with Crippen LogP contribution in [0.1, 0.15) is 21.9 Å². The Balaban J connectivity index is 1.63. The maximum atomic E-state index is 13.4. The van der Waals surface area contributed by atoms with Crippen LogP contribution in [-0.2, 0) is 32.8 Å². The first-order valence-electron chi connectivity index (χ1n) is 10.3. The van der Waals surface area contributed by atoms with Gasteiger partial charge in [0.1, 0.15) is 5.25 Å². The van der Waals surface area contributed by atoms with Crippen LogP contribution < -0.4 is 14.8 Å². The second-order valence-electron chi connectivity index (χ2n) is 7.75. The summed E-state index contributed by atoms with van der Waals surface area (Å²) >= 11 is 0. The van der Waals surface area contributed by atoms with Gasteiger partial charge in [-0.05, 0) is 47.0 Å². The predicted molar refractivity (Wildman–Crippen MR) is 125 cm³/mol. The summed E-state index contributed by atoms with van der Waals surface area (Å²) < 4.78 is 62.9. The van der Waals surface area contributed by atoms with Crippen molar-refractivity contribution >= 4 is 19.7 Å². The number of hydrogen-bond acceptors (Lipinski definition) is 7. The van der Waals surface area contributed by atoms with Crippen molar-refractivity contribution in [2.75, 3.05) is 20.0 Å². The number of fused-ring (bicyclic) bond motifs is 1. The second kappa shape index (κ2) is 9.17. The minimum atomic E-state index is -3.88. The molecule has 1 atom stereocenters. The largest absolute Gasteiger partial charge is 0.493 e. The Labute approximate surface area is 194 Å². The lowest BCUT2D eigenvalue weighted by Crippen LogP contribution is -2.19. The molecular formula is C24H25NO6S2. The Kier molecular flexibility index (Phi) is 6.47. The molecule has 174 valence electrons. The predicted octanol–water partition coefficient (Wildman–Crippen LogP) is 3.30. The highest BCUT2D eigenvalue weighted by Crippen LogP contribution is 2.42. The monoisotopic (exact) mass is 487 g/mol. The summed E-state index contributed by atoms with van der Waals surface area (Å²) in [6, 6.07) is 18.5. The van der Waals surface area contributed by atoms with E-state index in [0.717, 1.165) is 5.56 Å². The molecule has 0 aromatic heterocycles. The number of methoxy groups -OCH3 is 2. The standard InChI is InChI=1S/C24H25NO6S2/c1-30-20-12-11-17(13-21(20)31-2)14-25-15-18-7-6-10-22-24(18)23(16-32(22,26)27)33(28,29)19-8-4-3-5-9-19/h3-13,23,25H,14-16H2,1-2H3. The highest BCUT2D eigenvalue weighted by atomic mass is 32.2. The van der Waals surface area contributed by atoms with E-state index in [1.54, 1.807) is 44.6 Å². The summed E-state index contributed by atoms with van der Waals surface area (Å²) in [4.78, 5) is 0.212. The van der Waals surface area contributed by atoms with Crippen molar-refractivity contribution in [2.45, 2.75) is 28.1 Å². The normalized spacial score (nSPS) is 16.8. The third-order valence-corrected chi connectivity index (χ3v) is 9.81. The van der Waals surface area contributed by atoms with Gasteiger partial charge in [0.05, 0.1) is 29.8 Å². The number of nitrogens with one attached hydrogen (secondary N) is 1.